The lowest BCUT2D eigenvalue weighted by Gasteiger charge is -2.38. The number of amides is 3. The van der Waals surface area contributed by atoms with Crippen molar-refractivity contribution < 1.29 is 24.0 Å². The molecule has 0 aliphatic carbocycles. The molecule has 1 aliphatic heterocycles. The van der Waals surface area contributed by atoms with E-state index in [2.05, 4.69) is 32.6 Å². The summed E-state index contributed by atoms with van der Waals surface area (Å²) in [6, 6.07) is 8.09. The van der Waals surface area contributed by atoms with Gasteiger partial charge in [-0.2, -0.15) is 0 Å². The van der Waals surface area contributed by atoms with E-state index in [1.165, 1.54) is 0 Å². The molecule has 3 atom stereocenters. The lowest BCUT2D eigenvalue weighted by Crippen LogP contribution is -2.49. The number of carbonyl (C=O) groups is 2. The molecule has 4 rings (SSSR count). The van der Waals surface area contributed by atoms with Crippen molar-refractivity contribution in [3.63, 3.8) is 0 Å². The Labute approximate surface area is 228 Å². The number of benzene rings is 1. The van der Waals surface area contributed by atoms with E-state index in [9.17, 15) is 14.7 Å². The van der Waals surface area contributed by atoms with Gasteiger partial charge in [0.15, 0.2) is 5.76 Å². The molecule has 0 spiro atoms. The van der Waals surface area contributed by atoms with Gasteiger partial charge in [0.1, 0.15) is 23.2 Å². The molecule has 0 fully saturated rings. The van der Waals surface area contributed by atoms with E-state index in [1.807, 2.05) is 26.1 Å². The van der Waals surface area contributed by atoms with Gasteiger partial charge in [0, 0.05) is 43.6 Å². The molecular weight excluding hydrogens is 500 g/mol. The fraction of sp³-hybridized carbons (Fsp3) is 0.429. The fourth-order valence-corrected chi connectivity index (χ4v) is 4.63. The molecule has 2 aromatic heterocycles. The van der Waals surface area contributed by atoms with Crippen LogP contribution >= 0.6 is 0 Å². The molecule has 1 aromatic carbocycles. The van der Waals surface area contributed by atoms with Crippen LogP contribution in [0.15, 0.2) is 47.2 Å². The van der Waals surface area contributed by atoms with Crippen molar-refractivity contribution in [2.24, 2.45) is 5.92 Å². The Balaban J connectivity index is 1.57. The number of nitrogens with zero attached hydrogens (tertiary/aromatic N) is 4. The van der Waals surface area contributed by atoms with E-state index < -0.39 is 6.03 Å². The van der Waals surface area contributed by atoms with Crippen LogP contribution in [0.3, 0.4) is 0 Å². The van der Waals surface area contributed by atoms with Crippen LogP contribution in [-0.4, -0.2) is 75.9 Å². The Morgan fingerprint density at radius 2 is 1.97 bits per heavy atom. The van der Waals surface area contributed by atoms with E-state index in [0.717, 1.165) is 12.1 Å². The molecule has 0 saturated carbocycles. The van der Waals surface area contributed by atoms with Crippen LogP contribution in [0.2, 0.25) is 0 Å². The fourth-order valence-electron chi connectivity index (χ4n) is 4.63. The Morgan fingerprint density at radius 3 is 2.64 bits per heavy atom. The molecule has 3 amide bonds. The zero-order chi connectivity index (χ0) is 28.1. The zero-order valence-electron chi connectivity index (χ0n) is 23.0. The van der Waals surface area contributed by atoms with E-state index in [-0.39, 0.29) is 30.6 Å². The van der Waals surface area contributed by atoms with Gasteiger partial charge in [-0.05, 0) is 63.7 Å². The number of aliphatic hydroxyl groups excluding tert-OH is 1. The second kappa shape index (κ2) is 12.3. The number of rotatable bonds is 8. The molecule has 3 aromatic rings. The number of nitrogens with one attached hydrogen (secondary N) is 2. The van der Waals surface area contributed by atoms with Gasteiger partial charge in [0.25, 0.3) is 5.91 Å². The van der Waals surface area contributed by atoms with Crippen LogP contribution in [0.25, 0.3) is 0 Å². The number of aliphatic hydroxyl groups is 1. The summed E-state index contributed by atoms with van der Waals surface area (Å²) in [7, 11) is 2.03. The predicted molar refractivity (Wildman–Crippen MR) is 147 cm³/mol. The summed E-state index contributed by atoms with van der Waals surface area (Å²) < 4.78 is 11.6. The van der Waals surface area contributed by atoms with Crippen LogP contribution in [0.4, 0.5) is 16.2 Å². The Hall–Kier alpha value is -3.96. The number of urea groups is 1. The normalized spacial score (nSPS) is 18.1. The average Bonchev–Trinajstić information content (AvgIpc) is 3.23. The second-order valence-electron chi connectivity index (χ2n) is 10.2. The third-order valence-electron chi connectivity index (χ3n) is 6.89. The molecule has 1 aliphatic rings. The van der Waals surface area contributed by atoms with Crippen LogP contribution in [0, 0.1) is 19.8 Å². The van der Waals surface area contributed by atoms with E-state index >= 15 is 0 Å². The van der Waals surface area contributed by atoms with Gasteiger partial charge in [-0.1, -0.05) is 12.1 Å². The number of hydrogen-bond donors (Lipinski definition) is 3. The van der Waals surface area contributed by atoms with E-state index in [1.54, 1.807) is 49.3 Å². The average molecular weight is 537 g/mol. The Kier molecular flexibility index (Phi) is 8.82. The number of carbonyl (C=O) groups excluding carboxylic acids is 2. The topological polar surface area (TPSA) is 133 Å². The monoisotopic (exact) mass is 536 g/mol. The quantitative estimate of drug-likeness (QED) is 0.397. The SMILES string of the molecule is Cc1noc(C)c1NC(=O)Nc1ccc2c(c1)C(=O)N([C@H](C)CO)C[C@@H](C)[C@@H](CN(C)Cc1ccncc1)O2. The standard InChI is InChI=1S/C28H36N6O5/c1-17-13-34(18(2)16-35)27(36)23-12-22(30-28(37)31-26-19(3)32-39-20(26)4)6-7-24(23)38-25(17)15-33(5)14-21-8-10-29-11-9-21/h6-12,17-18,25,35H,13-16H2,1-5H3,(H2,30,31,37)/t17-,18-,25-/m1/s1. The van der Waals surface area contributed by atoms with Gasteiger partial charge in [-0.3, -0.25) is 14.7 Å². The zero-order valence-corrected chi connectivity index (χ0v) is 23.0. The minimum atomic E-state index is -0.492. The first-order valence-corrected chi connectivity index (χ1v) is 13.0. The number of anilines is 2. The van der Waals surface area contributed by atoms with Gasteiger partial charge in [-0.15, -0.1) is 0 Å². The summed E-state index contributed by atoms with van der Waals surface area (Å²) in [6.45, 7) is 8.90. The van der Waals surface area contributed by atoms with Crippen LogP contribution in [0.5, 0.6) is 5.75 Å². The minimum Gasteiger partial charge on any atom is -0.488 e. The van der Waals surface area contributed by atoms with Crippen molar-refractivity contribution in [2.75, 3.05) is 37.4 Å². The van der Waals surface area contributed by atoms with Crippen molar-refractivity contribution >= 4 is 23.3 Å². The highest BCUT2D eigenvalue weighted by atomic mass is 16.5. The van der Waals surface area contributed by atoms with Crippen molar-refractivity contribution in [1.82, 2.24) is 19.9 Å². The maximum absolute atomic E-state index is 13.7. The number of hydrogen-bond acceptors (Lipinski definition) is 8. The Bertz CT molecular complexity index is 1280. The molecule has 208 valence electrons. The lowest BCUT2D eigenvalue weighted by atomic mass is 9.99. The highest BCUT2D eigenvalue weighted by Crippen LogP contribution is 2.31. The van der Waals surface area contributed by atoms with Gasteiger partial charge in [-0.25, -0.2) is 4.79 Å². The molecule has 11 nitrogen and oxygen atoms in total. The van der Waals surface area contributed by atoms with Crippen molar-refractivity contribution in [1.29, 1.82) is 0 Å². The Morgan fingerprint density at radius 1 is 1.23 bits per heavy atom. The molecule has 3 heterocycles. The molecule has 11 heteroatoms. The summed E-state index contributed by atoms with van der Waals surface area (Å²) in [5.74, 6) is 0.652. The van der Waals surface area contributed by atoms with Crippen LogP contribution in [-0.2, 0) is 6.54 Å². The second-order valence-corrected chi connectivity index (χ2v) is 10.2. The first-order chi connectivity index (χ1) is 18.7. The van der Waals surface area contributed by atoms with E-state index in [4.69, 9.17) is 9.26 Å². The maximum Gasteiger partial charge on any atom is 0.323 e. The maximum atomic E-state index is 13.7. The number of fused-ring (bicyclic) bond motifs is 1. The number of pyridine rings is 1. The lowest BCUT2D eigenvalue weighted by molar-refractivity contribution is 0.0341. The molecule has 0 radical (unpaired) electrons. The third-order valence-corrected chi connectivity index (χ3v) is 6.89. The predicted octanol–water partition coefficient (Wildman–Crippen LogP) is 3.68. The molecule has 0 bridgehead atoms. The van der Waals surface area contributed by atoms with E-state index in [0.29, 0.717) is 47.2 Å². The largest absolute Gasteiger partial charge is 0.488 e. The molecule has 39 heavy (non-hydrogen) atoms. The third kappa shape index (κ3) is 6.73. The molecule has 0 unspecified atom stereocenters. The van der Waals surface area contributed by atoms with Crippen molar-refractivity contribution in [3.05, 3.63) is 65.3 Å². The number of ether oxygens (including phenoxy) is 1. The first kappa shape index (κ1) is 28.1. The van der Waals surface area contributed by atoms with Crippen LogP contribution < -0.4 is 15.4 Å². The van der Waals surface area contributed by atoms with Gasteiger partial charge in [0.05, 0.1) is 18.2 Å². The summed E-state index contributed by atoms with van der Waals surface area (Å²) in [6.07, 6.45) is 3.32. The first-order valence-electron chi connectivity index (χ1n) is 13.0. The molecule has 0 saturated heterocycles. The van der Waals surface area contributed by atoms with Gasteiger partial charge < -0.3 is 29.9 Å². The number of aromatic nitrogens is 2. The van der Waals surface area contributed by atoms with Crippen molar-refractivity contribution in [2.45, 2.75) is 46.4 Å². The van der Waals surface area contributed by atoms with Gasteiger partial charge in [0.2, 0.25) is 0 Å². The summed E-state index contributed by atoms with van der Waals surface area (Å²) in [4.78, 5) is 34.3. The van der Waals surface area contributed by atoms with Gasteiger partial charge >= 0.3 is 6.03 Å². The molecular formula is C28H36N6O5. The highest BCUT2D eigenvalue weighted by Gasteiger charge is 2.33. The number of aryl methyl sites for hydroxylation is 2. The van der Waals surface area contributed by atoms with Crippen molar-refractivity contribution in [3.8, 4) is 5.75 Å². The smallest absolute Gasteiger partial charge is 0.323 e. The minimum absolute atomic E-state index is 0.00498. The van der Waals surface area contributed by atoms with Crippen LogP contribution in [0.1, 0.15) is 41.2 Å². The highest BCUT2D eigenvalue weighted by molar-refractivity contribution is 6.03. The number of likely N-dealkylation sites (N-methyl/N-ethyl adjacent to an activating group) is 1. The summed E-state index contributed by atoms with van der Waals surface area (Å²) in [5, 5.41) is 19.2. The summed E-state index contributed by atoms with van der Waals surface area (Å²) >= 11 is 0. The molecule has 3 N–H and O–H groups in total. The summed E-state index contributed by atoms with van der Waals surface area (Å²) in [5.41, 5.74) is 2.94.